The van der Waals surface area contributed by atoms with Gasteiger partial charge in [0.15, 0.2) is 0 Å². The van der Waals surface area contributed by atoms with Gasteiger partial charge in [-0.2, -0.15) is 0 Å². The van der Waals surface area contributed by atoms with Gasteiger partial charge in [0.05, 0.1) is 6.61 Å². The number of carboxylic acids is 1. The highest BCUT2D eigenvalue weighted by molar-refractivity contribution is 6.55. The molecule has 0 bridgehead atoms. The number of hydrogen-bond donors (Lipinski definition) is 1. The van der Waals surface area contributed by atoms with Crippen LogP contribution in [0, 0.1) is 0 Å². The summed E-state index contributed by atoms with van der Waals surface area (Å²) in [5, 5.41) is 8.95. The van der Waals surface area contributed by atoms with E-state index in [0.717, 1.165) is 0 Å². The molecule has 1 N–H and O–H groups in total. The van der Waals surface area contributed by atoms with Crippen molar-refractivity contribution in [2.45, 2.75) is 12.2 Å². The van der Waals surface area contributed by atoms with Crippen molar-refractivity contribution in [2.75, 3.05) is 6.61 Å². The van der Waals surface area contributed by atoms with Crippen LogP contribution in [0.2, 0.25) is 5.02 Å². The molecule has 4 nitrogen and oxygen atoms in total. The summed E-state index contributed by atoms with van der Waals surface area (Å²) in [6.07, 6.45) is 1.49. The van der Waals surface area contributed by atoms with Gasteiger partial charge in [-0.15, -0.1) is 0 Å². The number of rotatable bonds is 7. The summed E-state index contributed by atoms with van der Waals surface area (Å²) in [5.41, 5.74) is -0.824. The molecule has 0 aliphatic heterocycles. The Morgan fingerprint density at radius 1 is 1.40 bits per heavy atom. The molecule has 0 spiro atoms. The molecule has 110 valence electrons. The fourth-order valence-electron chi connectivity index (χ4n) is 1.17. The Bertz CT molecular complexity index is 500. The predicted octanol–water partition coefficient (Wildman–Crippen LogP) is 4.20. The van der Waals surface area contributed by atoms with Crippen molar-refractivity contribution in [1.29, 1.82) is 0 Å². The smallest absolute Gasteiger partial charge is 0.348 e. The summed E-state index contributed by atoms with van der Waals surface area (Å²) in [6.45, 7) is 0.185. The molecule has 1 rings (SSSR count). The summed E-state index contributed by atoms with van der Waals surface area (Å²) in [7, 11) is 0. The molecule has 0 heterocycles. The van der Waals surface area contributed by atoms with Crippen LogP contribution in [0.1, 0.15) is 5.56 Å². The number of halogens is 4. The van der Waals surface area contributed by atoms with Crippen molar-refractivity contribution in [3.8, 4) is 5.75 Å². The molecule has 1 atom stereocenters. The number of benzene rings is 1. The van der Waals surface area contributed by atoms with E-state index in [0.29, 0.717) is 16.3 Å². The van der Waals surface area contributed by atoms with Crippen molar-refractivity contribution >= 4 is 52.4 Å². The molecule has 0 aliphatic carbocycles. The fraction of sp³-hybridized carbons (Fsp3) is 0.250. The SMILES string of the molecule is O=C(O)C(Cl)OCc1ccc(OCC=C(Cl)Cl)cc1Cl. The maximum atomic E-state index is 10.5. The molecular weight excluding hydrogens is 350 g/mol. The molecule has 8 heteroatoms. The molecule has 0 amide bonds. The minimum Gasteiger partial charge on any atom is -0.489 e. The van der Waals surface area contributed by atoms with Gasteiger partial charge in [0, 0.05) is 5.02 Å². The third kappa shape index (κ3) is 6.20. The van der Waals surface area contributed by atoms with Gasteiger partial charge >= 0.3 is 5.97 Å². The first-order chi connectivity index (χ1) is 9.40. The van der Waals surface area contributed by atoms with Gasteiger partial charge in [-0.1, -0.05) is 52.5 Å². The van der Waals surface area contributed by atoms with Crippen molar-refractivity contribution in [3.05, 3.63) is 39.4 Å². The van der Waals surface area contributed by atoms with Crippen molar-refractivity contribution in [1.82, 2.24) is 0 Å². The first kappa shape index (κ1) is 17.4. The lowest BCUT2D eigenvalue weighted by Crippen LogP contribution is -2.16. The van der Waals surface area contributed by atoms with E-state index >= 15 is 0 Å². The molecule has 1 aromatic carbocycles. The Morgan fingerprint density at radius 3 is 2.65 bits per heavy atom. The fourth-order valence-corrected chi connectivity index (χ4v) is 1.58. The largest absolute Gasteiger partial charge is 0.489 e. The maximum absolute atomic E-state index is 10.5. The Morgan fingerprint density at radius 2 is 2.10 bits per heavy atom. The number of aliphatic carboxylic acids is 1. The average molecular weight is 360 g/mol. The van der Waals surface area contributed by atoms with Gasteiger partial charge in [-0.3, -0.25) is 0 Å². The van der Waals surface area contributed by atoms with Gasteiger partial charge in [0.25, 0.3) is 0 Å². The average Bonchev–Trinajstić information content (AvgIpc) is 2.36. The summed E-state index contributed by atoms with van der Waals surface area (Å²) >= 11 is 22.3. The zero-order valence-corrected chi connectivity index (χ0v) is 13.0. The molecule has 0 saturated carbocycles. The quantitative estimate of drug-likeness (QED) is 0.741. The lowest BCUT2D eigenvalue weighted by Gasteiger charge is -2.10. The minimum absolute atomic E-state index is 0.0208. The van der Waals surface area contributed by atoms with Crippen LogP contribution in [0.4, 0.5) is 0 Å². The summed E-state index contributed by atoms with van der Waals surface area (Å²) in [4.78, 5) is 10.5. The van der Waals surface area contributed by atoms with E-state index in [-0.39, 0.29) is 17.7 Å². The first-order valence-electron chi connectivity index (χ1n) is 5.31. The Balaban J connectivity index is 2.59. The number of carbonyl (C=O) groups is 1. The van der Waals surface area contributed by atoms with Gasteiger partial charge < -0.3 is 14.6 Å². The van der Waals surface area contributed by atoms with E-state index in [9.17, 15) is 4.79 Å². The van der Waals surface area contributed by atoms with Crippen LogP contribution in [0.25, 0.3) is 0 Å². The standard InChI is InChI=1S/C12H10Cl4O4/c13-9-5-8(19-4-3-10(14)15)2-1-7(9)6-20-11(16)12(17)18/h1-3,5,11H,4,6H2,(H,17,18). The first-order valence-corrected chi connectivity index (χ1v) is 6.88. The zero-order valence-electron chi connectivity index (χ0n) is 9.98. The molecule has 0 saturated heterocycles. The normalized spacial score (nSPS) is 11.8. The molecular formula is C12H10Cl4O4. The van der Waals surface area contributed by atoms with Crippen molar-refractivity contribution in [2.24, 2.45) is 0 Å². The van der Waals surface area contributed by atoms with Crippen LogP contribution in [-0.2, 0) is 16.1 Å². The Kier molecular flexibility index (Phi) is 7.48. The predicted molar refractivity (Wildman–Crippen MR) is 78.8 cm³/mol. The van der Waals surface area contributed by atoms with Crippen LogP contribution in [0.5, 0.6) is 5.75 Å². The number of alkyl halides is 1. The molecule has 20 heavy (non-hydrogen) atoms. The van der Waals surface area contributed by atoms with Crippen LogP contribution in [0.3, 0.4) is 0 Å². The lowest BCUT2D eigenvalue weighted by molar-refractivity contribution is -0.145. The van der Waals surface area contributed by atoms with E-state index in [4.69, 9.17) is 61.0 Å². The second kappa shape index (κ2) is 8.60. The van der Waals surface area contributed by atoms with Gasteiger partial charge in [0.2, 0.25) is 5.56 Å². The third-order valence-corrected chi connectivity index (χ3v) is 3.06. The van der Waals surface area contributed by atoms with Crippen molar-refractivity contribution < 1.29 is 19.4 Å². The maximum Gasteiger partial charge on any atom is 0.348 e. The monoisotopic (exact) mass is 358 g/mol. The summed E-state index contributed by atoms with van der Waals surface area (Å²) in [5.74, 6) is -0.738. The van der Waals surface area contributed by atoms with Gasteiger partial charge in [-0.05, 0) is 23.8 Å². The highest BCUT2D eigenvalue weighted by atomic mass is 35.5. The molecule has 0 fully saturated rings. The Hall–Kier alpha value is -0.650. The molecule has 0 aliphatic rings. The van der Waals surface area contributed by atoms with Crippen LogP contribution in [0.15, 0.2) is 28.8 Å². The third-order valence-electron chi connectivity index (χ3n) is 2.09. The molecule has 0 aromatic heterocycles. The van der Waals surface area contributed by atoms with Crippen LogP contribution < -0.4 is 4.74 Å². The zero-order chi connectivity index (χ0) is 15.1. The molecule has 1 aromatic rings. The van der Waals surface area contributed by atoms with E-state index in [1.165, 1.54) is 6.08 Å². The van der Waals surface area contributed by atoms with E-state index in [2.05, 4.69) is 0 Å². The number of ether oxygens (including phenoxy) is 2. The Labute approximate surface area is 135 Å². The second-order valence-electron chi connectivity index (χ2n) is 3.52. The highest BCUT2D eigenvalue weighted by Gasteiger charge is 2.14. The van der Waals surface area contributed by atoms with Crippen molar-refractivity contribution in [3.63, 3.8) is 0 Å². The second-order valence-corrected chi connectivity index (χ2v) is 5.33. The minimum atomic E-state index is -1.42. The molecule has 0 radical (unpaired) electrons. The van der Waals surface area contributed by atoms with Crippen LogP contribution in [-0.4, -0.2) is 23.2 Å². The van der Waals surface area contributed by atoms with Gasteiger partial charge in [0.1, 0.15) is 16.8 Å². The van der Waals surface area contributed by atoms with E-state index < -0.39 is 11.5 Å². The van der Waals surface area contributed by atoms with Gasteiger partial charge in [-0.25, -0.2) is 4.79 Å². The number of hydrogen-bond acceptors (Lipinski definition) is 3. The van der Waals surface area contributed by atoms with Crippen LogP contribution >= 0.6 is 46.4 Å². The highest BCUT2D eigenvalue weighted by Crippen LogP contribution is 2.24. The number of carboxylic acid groups (broad SMARTS) is 1. The van der Waals surface area contributed by atoms with E-state index in [1.54, 1.807) is 18.2 Å². The molecule has 1 unspecified atom stereocenters. The summed E-state index contributed by atoms with van der Waals surface area (Å²) in [6, 6.07) is 4.87. The van der Waals surface area contributed by atoms with E-state index in [1.807, 2.05) is 0 Å². The summed E-state index contributed by atoms with van der Waals surface area (Å²) < 4.78 is 10.4. The lowest BCUT2D eigenvalue weighted by atomic mass is 10.2. The topological polar surface area (TPSA) is 55.8 Å².